The van der Waals surface area contributed by atoms with E-state index in [2.05, 4.69) is 5.10 Å². The monoisotopic (exact) mass is 422 g/mol. The number of rotatable bonds is 4. The van der Waals surface area contributed by atoms with E-state index in [-0.39, 0.29) is 22.5 Å². The minimum absolute atomic E-state index is 0.0454. The topological polar surface area (TPSA) is 95.7 Å². The summed E-state index contributed by atoms with van der Waals surface area (Å²) in [4.78, 5) is 12.6. The summed E-state index contributed by atoms with van der Waals surface area (Å²) in [6.07, 6.45) is 1.49. The van der Waals surface area contributed by atoms with E-state index in [9.17, 15) is 13.2 Å². The molecule has 0 aliphatic carbocycles. The highest BCUT2D eigenvalue weighted by Crippen LogP contribution is 2.35. The van der Waals surface area contributed by atoms with E-state index < -0.39 is 10.0 Å². The molecule has 158 valence electrons. The quantitative estimate of drug-likeness (QED) is 0.741. The number of piperidine rings is 1. The maximum atomic E-state index is 13.3. The van der Waals surface area contributed by atoms with Gasteiger partial charge in [0.15, 0.2) is 11.5 Å². The zero-order valence-corrected chi connectivity index (χ0v) is 17.7. The molecule has 0 saturated carbocycles. The Morgan fingerprint density at radius 3 is 2.62 bits per heavy atom. The third-order valence-corrected chi connectivity index (χ3v) is 7.26. The van der Waals surface area contributed by atoms with Crippen molar-refractivity contribution in [2.24, 2.45) is 7.05 Å². The molecule has 2 aliphatic rings. The normalized spacial score (nSPS) is 20.2. The number of ether oxygens (including phenoxy) is 2. The van der Waals surface area contributed by atoms with Gasteiger partial charge in [-0.15, -0.1) is 0 Å². The van der Waals surface area contributed by atoms with Gasteiger partial charge < -0.3 is 9.47 Å². The zero-order valence-electron chi connectivity index (χ0n) is 16.9. The molecule has 0 N–H and O–H groups in total. The van der Waals surface area contributed by atoms with Crippen LogP contribution in [0.4, 0.5) is 0 Å². The molecule has 29 heavy (non-hydrogen) atoms. The number of fused-ring (bicyclic) bond motifs is 1. The molecule has 0 spiro atoms. The van der Waals surface area contributed by atoms with Crippen LogP contribution < -0.4 is 15.2 Å². The van der Waals surface area contributed by atoms with Gasteiger partial charge in [0.25, 0.3) is 0 Å². The van der Waals surface area contributed by atoms with Gasteiger partial charge in [0, 0.05) is 38.2 Å². The van der Waals surface area contributed by atoms with E-state index in [1.165, 1.54) is 15.1 Å². The van der Waals surface area contributed by atoms with Crippen molar-refractivity contribution >= 4 is 10.0 Å². The standard InChI is InChI=1S/C19H26N4O5S/c1-13(2)23-18(20-21(3)19(23)24)14-5-4-8-22(12-14)29(25,26)15-6-7-16-17(11-15)28-10-9-27-16/h6-7,11,13-14H,4-5,8-10,12H2,1-3H3. The number of nitrogens with zero attached hydrogens (tertiary/aromatic N) is 4. The van der Waals surface area contributed by atoms with E-state index in [0.29, 0.717) is 50.0 Å². The maximum Gasteiger partial charge on any atom is 0.345 e. The summed E-state index contributed by atoms with van der Waals surface area (Å²) in [6.45, 7) is 5.44. The van der Waals surface area contributed by atoms with E-state index in [4.69, 9.17) is 9.47 Å². The van der Waals surface area contributed by atoms with Crippen LogP contribution in [-0.2, 0) is 17.1 Å². The van der Waals surface area contributed by atoms with Gasteiger partial charge >= 0.3 is 5.69 Å². The Balaban J connectivity index is 1.63. The van der Waals surface area contributed by atoms with Crippen LogP contribution in [0.1, 0.15) is 44.5 Å². The molecule has 2 aliphatic heterocycles. The van der Waals surface area contributed by atoms with Crippen molar-refractivity contribution in [2.45, 2.75) is 43.5 Å². The first-order valence-corrected chi connectivity index (χ1v) is 11.3. The number of aromatic nitrogens is 3. The van der Waals surface area contributed by atoms with Crippen molar-refractivity contribution in [3.8, 4) is 11.5 Å². The summed E-state index contributed by atoms with van der Waals surface area (Å²) in [5.74, 6) is 1.52. The van der Waals surface area contributed by atoms with Crippen LogP contribution in [0.5, 0.6) is 11.5 Å². The van der Waals surface area contributed by atoms with Crippen LogP contribution in [0.3, 0.4) is 0 Å². The first-order chi connectivity index (χ1) is 13.8. The summed E-state index contributed by atoms with van der Waals surface area (Å²) in [5, 5.41) is 4.41. The minimum atomic E-state index is -3.70. The van der Waals surface area contributed by atoms with Crippen LogP contribution in [0.25, 0.3) is 0 Å². The van der Waals surface area contributed by atoms with Crippen molar-refractivity contribution in [1.29, 1.82) is 0 Å². The molecule has 1 aromatic heterocycles. The van der Waals surface area contributed by atoms with Crippen LogP contribution in [-0.4, -0.2) is 53.4 Å². The van der Waals surface area contributed by atoms with E-state index in [0.717, 1.165) is 6.42 Å². The van der Waals surface area contributed by atoms with Gasteiger partial charge in [-0.25, -0.2) is 17.9 Å². The lowest BCUT2D eigenvalue weighted by molar-refractivity contribution is 0.171. The largest absolute Gasteiger partial charge is 0.486 e. The molecule has 1 saturated heterocycles. The molecule has 1 atom stereocenters. The number of sulfonamides is 1. The Kier molecular flexibility index (Phi) is 5.16. The highest BCUT2D eigenvalue weighted by atomic mass is 32.2. The summed E-state index contributed by atoms with van der Waals surface area (Å²) in [5.41, 5.74) is -0.179. The van der Waals surface area contributed by atoms with Gasteiger partial charge in [0.2, 0.25) is 10.0 Å². The molecular formula is C19H26N4O5S. The highest BCUT2D eigenvalue weighted by molar-refractivity contribution is 7.89. The average molecular weight is 423 g/mol. The molecule has 1 fully saturated rings. The highest BCUT2D eigenvalue weighted by Gasteiger charge is 2.34. The van der Waals surface area contributed by atoms with Gasteiger partial charge in [-0.1, -0.05) is 0 Å². The lowest BCUT2D eigenvalue weighted by Crippen LogP contribution is -2.40. The summed E-state index contributed by atoms with van der Waals surface area (Å²) in [7, 11) is -2.07. The van der Waals surface area contributed by atoms with Gasteiger partial charge in [-0.2, -0.15) is 9.40 Å². The van der Waals surface area contributed by atoms with Crippen molar-refractivity contribution in [3.05, 3.63) is 34.5 Å². The fourth-order valence-electron chi connectivity index (χ4n) is 3.97. The Hall–Kier alpha value is -2.33. The fraction of sp³-hybridized carbons (Fsp3) is 0.579. The SMILES string of the molecule is CC(C)n1c(C2CCCN(S(=O)(=O)c3ccc4c(c3)OCCO4)C2)nn(C)c1=O. The van der Waals surface area contributed by atoms with Crippen LogP contribution in [0.2, 0.25) is 0 Å². The third kappa shape index (κ3) is 3.55. The molecule has 3 heterocycles. The number of aryl methyl sites for hydroxylation is 1. The lowest BCUT2D eigenvalue weighted by Gasteiger charge is -2.32. The Labute approximate surface area is 169 Å². The van der Waals surface area contributed by atoms with Crippen LogP contribution >= 0.6 is 0 Å². The van der Waals surface area contributed by atoms with Gasteiger partial charge in [-0.3, -0.25) is 4.57 Å². The molecule has 9 nitrogen and oxygen atoms in total. The van der Waals surface area contributed by atoms with E-state index >= 15 is 0 Å². The lowest BCUT2D eigenvalue weighted by atomic mass is 9.98. The molecule has 10 heteroatoms. The average Bonchev–Trinajstić information content (AvgIpc) is 3.02. The number of hydrogen-bond donors (Lipinski definition) is 0. The van der Waals surface area contributed by atoms with Crippen molar-refractivity contribution in [3.63, 3.8) is 0 Å². The molecule has 1 aromatic carbocycles. The Morgan fingerprint density at radius 1 is 1.17 bits per heavy atom. The number of hydrogen-bond acceptors (Lipinski definition) is 6. The predicted octanol–water partition coefficient (Wildman–Crippen LogP) is 1.50. The van der Waals surface area contributed by atoms with Crippen molar-refractivity contribution in [2.75, 3.05) is 26.3 Å². The smallest absolute Gasteiger partial charge is 0.345 e. The third-order valence-electron chi connectivity index (χ3n) is 5.40. The van der Waals surface area contributed by atoms with Crippen molar-refractivity contribution in [1.82, 2.24) is 18.7 Å². The molecule has 1 unspecified atom stereocenters. The maximum absolute atomic E-state index is 13.3. The second-order valence-corrected chi connectivity index (χ2v) is 9.67. The van der Waals surface area contributed by atoms with Gasteiger partial charge in [-0.05, 0) is 38.8 Å². The molecule has 0 amide bonds. The van der Waals surface area contributed by atoms with Crippen LogP contribution in [0, 0.1) is 0 Å². The summed E-state index contributed by atoms with van der Waals surface area (Å²) >= 11 is 0. The Bertz CT molecular complexity index is 1070. The fourth-order valence-corrected chi connectivity index (χ4v) is 5.51. The molecular weight excluding hydrogens is 396 g/mol. The van der Waals surface area contributed by atoms with Gasteiger partial charge in [0.1, 0.15) is 19.0 Å². The summed E-state index contributed by atoms with van der Waals surface area (Å²) < 4.78 is 42.0. The van der Waals surface area contributed by atoms with E-state index in [1.54, 1.807) is 23.7 Å². The zero-order chi connectivity index (χ0) is 20.8. The molecule has 2 aromatic rings. The first-order valence-electron chi connectivity index (χ1n) is 9.84. The Morgan fingerprint density at radius 2 is 1.90 bits per heavy atom. The minimum Gasteiger partial charge on any atom is -0.486 e. The van der Waals surface area contributed by atoms with Gasteiger partial charge in [0.05, 0.1) is 4.90 Å². The number of benzene rings is 1. The second kappa shape index (κ2) is 7.49. The van der Waals surface area contributed by atoms with E-state index in [1.807, 2.05) is 13.8 Å². The first kappa shape index (κ1) is 20.0. The second-order valence-electron chi connectivity index (χ2n) is 7.74. The molecule has 4 rings (SSSR count). The van der Waals surface area contributed by atoms with Crippen LogP contribution in [0.15, 0.2) is 27.9 Å². The van der Waals surface area contributed by atoms with Crippen molar-refractivity contribution < 1.29 is 17.9 Å². The predicted molar refractivity (Wildman–Crippen MR) is 106 cm³/mol. The molecule has 0 radical (unpaired) electrons. The summed E-state index contributed by atoms with van der Waals surface area (Å²) in [6, 6.07) is 4.67. The molecule has 0 bridgehead atoms.